The summed E-state index contributed by atoms with van der Waals surface area (Å²) in [5.41, 5.74) is 3.28. The Balaban J connectivity index is 1.54. The molecule has 0 unspecified atom stereocenters. The largest absolute Gasteiger partial charge is 0.494 e. The zero-order valence-corrected chi connectivity index (χ0v) is 17.2. The Hall–Kier alpha value is -2.99. The van der Waals surface area contributed by atoms with E-state index in [-0.39, 0.29) is 12.3 Å². The number of nitrogens with zero attached hydrogens (tertiary/aromatic N) is 2. The maximum Gasteiger partial charge on any atom is 0.223 e. The van der Waals surface area contributed by atoms with Gasteiger partial charge in [-0.2, -0.15) is 5.10 Å². The molecule has 148 valence electrons. The summed E-state index contributed by atoms with van der Waals surface area (Å²) >= 11 is 1.68. The van der Waals surface area contributed by atoms with E-state index in [1.54, 1.807) is 18.4 Å². The number of fused-ring (bicyclic) bond motifs is 3. The molecule has 2 aliphatic heterocycles. The lowest BCUT2D eigenvalue weighted by Gasteiger charge is -2.38. The molecule has 0 radical (unpaired) electrons. The number of thiophene rings is 1. The molecule has 2 aromatic carbocycles. The van der Waals surface area contributed by atoms with Gasteiger partial charge in [0, 0.05) is 12.0 Å². The highest BCUT2D eigenvalue weighted by Crippen LogP contribution is 2.51. The van der Waals surface area contributed by atoms with Crippen molar-refractivity contribution in [3.05, 3.63) is 76.0 Å². The van der Waals surface area contributed by atoms with Crippen LogP contribution in [0.5, 0.6) is 17.2 Å². The van der Waals surface area contributed by atoms with E-state index in [1.165, 1.54) is 0 Å². The van der Waals surface area contributed by atoms with Crippen molar-refractivity contribution >= 4 is 17.0 Å². The van der Waals surface area contributed by atoms with Crippen LogP contribution in [0.4, 0.5) is 0 Å². The fourth-order valence-electron chi connectivity index (χ4n) is 3.95. The van der Waals surface area contributed by atoms with Crippen molar-refractivity contribution in [1.29, 1.82) is 0 Å². The first-order valence-corrected chi connectivity index (χ1v) is 10.6. The van der Waals surface area contributed by atoms with Crippen LogP contribution < -0.4 is 14.2 Å². The zero-order chi connectivity index (χ0) is 19.8. The number of hydrogen-bond acceptors (Lipinski definition) is 6. The maximum atomic E-state index is 6.43. The van der Waals surface area contributed by atoms with E-state index in [4.69, 9.17) is 19.3 Å². The molecule has 6 heteroatoms. The Morgan fingerprint density at radius 2 is 2.00 bits per heavy atom. The van der Waals surface area contributed by atoms with Gasteiger partial charge in [0.25, 0.3) is 0 Å². The summed E-state index contributed by atoms with van der Waals surface area (Å²) in [4.78, 5) is 1.13. The smallest absolute Gasteiger partial charge is 0.223 e. The normalized spacial score (nSPS) is 19.8. The molecule has 2 atom stereocenters. The molecule has 5 nitrogen and oxygen atoms in total. The summed E-state index contributed by atoms with van der Waals surface area (Å²) < 4.78 is 17.6. The Labute approximate surface area is 174 Å². The van der Waals surface area contributed by atoms with Gasteiger partial charge in [0.05, 0.1) is 30.3 Å². The second-order valence-electron chi connectivity index (χ2n) is 6.97. The maximum absolute atomic E-state index is 6.43. The molecule has 0 amide bonds. The molecule has 29 heavy (non-hydrogen) atoms. The number of ether oxygens (including phenoxy) is 3. The zero-order valence-electron chi connectivity index (χ0n) is 16.4. The average molecular weight is 407 g/mol. The lowest BCUT2D eigenvalue weighted by Crippen LogP contribution is -2.33. The summed E-state index contributed by atoms with van der Waals surface area (Å²) in [6.45, 7) is 2.65. The molecule has 3 heterocycles. The molecule has 3 aromatic rings. The number of hydrazone groups is 1. The quantitative estimate of drug-likeness (QED) is 0.569. The van der Waals surface area contributed by atoms with E-state index in [1.807, 2.05) is 37.3 Å². The van der Waals surface area contributed by atoms with E-state index >= 15 is 0 Å². The number of benzene rings is 2. The molecule has 0 saturated carbocycles. The van der Waals surface area contributed by atoms with Gasteiger partial charge in [0.1, 0.15) is 5.75 Å². The number of methoxy groups -OCH3 is 1. The highest BCUT2D eigenvalue weighted by molar-refractivity contribution is 7.10. The summed E-state index contributed by atoms with van der Waals surface area (Å²) in [7, 11) is 1.68. The van der Waals surface area contributed by atoms with Crippen LogP contribution in [-0.2, 0) is 0 Å². The van der Waals surface area contributed by atoms with Crippen LogP contribution in [-0.4, -0.2) is 24.4 Å². The first-order valence-electron chi connectivity index (χ1n) is 9.74. The Bertz CT molecular complexity index is 1030. The minimum absolute atomic E-state index is 0.113. The monoisotopic (exact) mass is 406 g/mol. The molecule has 5 rings (SSSR count). The van der Waals surface area contributed by atoms with Gasteiger partial charge in [-0.15, -0.1) is 11.3 Å². The lowest BCUT2D eigenvalue weighted by atomic mass is 9.96. The molecule has 2 aliphatic rings. The van der Waals surface area contributed by atoms with Crippen LogP contribution in [0.25, 0.3) is 0 Å². The number of hydrogen-bond donors (Lipinski definition) is 0. The number of rotatable bonds is 5. The Morgan fingerprint density at radius 3 is 2.72 bits per heavy atom. The van der Waals surface area contributed by atoms with Crippen molar-refractivity contribution in [2.24, 2.45) is 5.10 Å². The predicted octanol–water partition coefficient (Wildman–Crippen LogP) is 5.40. The average Bonchev–Trinajstić information content (AvgIpc) is 3.44. The van der Waals surface area contributed by atoms with E-state index < -0.39 is 0 Å². The second kappa shape index (κ2) is 7.44. The summed E-state index contributed by atoms with van der Waals surface area (Å²) in [6.07, 6.45) is 0.559. The summed E-state index contributed by atoms with van der Waals surface area (Å²) in [5.74, 6) is 2.46. The topological polar surface area (TPSA) is 43.3 Å². The highest BCUT2D eigenvalue weighted by atomic mass is 32.1. The third kappa shape index (κ3) is 3.13. The minimum Gasteiger partial charge on any atom is -0.494 e. The van der Waals surface area contributed by atoms with Crippen molar-refractivity contribution in [1.82, 2.24) is 5.01 Å². The van der Waals surface area contributed by atoms with Gasteiger partial charge in [-0.3, -0.25) is 0 Å². The van der Waals surface area contributed by atoms with Gasteiger partial charge in [-0.05, 0) is 54.3 Å². The van der Waals surface area contributed by atoms with Gasteiger partial charge in [-0.25, -0.2) is 5.01 Å². The Morgan fingerprint density at radius 1 is 1.14 bits per heavy atom. The van der Waals surface area contributed by atoms with Crippen LogP contribution in [0.15, 0.2) is 65.1 Å². The lowest BCUT2D eigenvalue weighted by molar-refractivity contribution is -0.0184. The van der Waals surface area contributed by atoms with Gasteiger partial charge in [0.15, 0.2) is 11.5 Å². The molecule has 0 fully saturated rings. The molecule has 0 spiro atoms. The van der Waals surface area contributed by atoms with Crippen LogP contribution in [0.1, 0.15) is 41.6 Å². The van der Waals surface area contributed by atoms with Gasteiger partial charge in [0.2, 0.25) is 6.23 Å². The molecule has 0 bridgehead atoms. The van der Waals surface area contributed by atoms with Gasteiger partial charge >= 0.3 is 0 Å². The molecule has 0 saturated heterocycles. The first-order chi connectivity index (χ1) is 14.3. The fraction of sp³-hybridized carbons (Fsp3) is 0.261. The Kier molecular flexibility index (Phi) is 4.64. The molecular formula is C23H22N2O3S. The SMILES string of the molecule is CCOc1ccc(C2=NN3[C@@H](c4cccs4)Oc4c(OC)cccc4[C@@H]3C2)cc1. The van der Waals surface area contributed by atoms with Crippen LogP contribution in [0, 0.1) is 0 Å². The predicted molar refractivity (Wildman–Crippen MR) is 114 cm³/mol. The van der Waals surface area contributed by atoms with Crippen molar-refractivity contribution in [2.75, 3.05) is 13.7 Å². The third-order valence-electron chi connectivity index (χ3n) is 5.29. The van der Waals surface area contributed by atoms with Crippen LogP contribution in [0.2, 0.25) is 0 Å². The van der Waals surface area contributed by atoms with E-state index in [0.717, 1.165) is 45.4 Å². The third-order valence-corrected chi connectivity index (χ3v) is 6.19. The standard InChI is InChI=1S/C23H22N2O3S/c1-3-27-16-11-9-15(10-12-16)18-14-19-17-6-4-7-20(26-2)22(17)28-23(25(19)24-18)21-8-5-13-29-21/h4-13,19,23H,3,14H2,1-2H3/t19-,23+/m0/s1. The summed E-state index contributed by atoms with van der Waals surface area (Å²) in [5, 5.41) is 9.16. The molecule has 0 N–H and O–H groups in total. The molecular weight excluding hydrogens is 384 g/mol. The van der Waals surface area contributed by atoms with E-state index in [0.29, 0.717) is 6.61 Å². The van der Waals surface area contributed by atoms with Crippen LogP contribution in [0.3, 0.4) is 0 Å². The van der Waals surface area contributed by atoms with E-state index in [2.05, 4.69) is 34.7 Å². The van der Waals surface area contributed by atoms with Crippen molar-refractivity contribution in [2.45, 2.75) is 25.6 Å². The van der Waals surface area contributed by atoms with Crippen LogP contribution >= 0.6 is 11.3 Å². The molecule has 0 aliphatic carbocycles. The van der Waals surface area contributed by atoms with Gasteiger partial charge < -0.3 is 14.2 Å². The van der Waals surface area contributed by atoms with E-state index in [9.17, 15) is 0 Å². The fourth-order valence-corrected chi connectivity index (χ4v) is 4.69. The minimum atomic E-state index is -0.260. The van der Waals surface area contributed by atoms with Crippen molar-refractivity contribution < 1.29 is 14.2 Å². The highest BCUT2D eigenvalue weighted by Gasteiger charge is 2.42. The first kappa shape index (κ1) is 18.1. The summed E-state index contributed by atoms with van der Waals surface area (Å²) in [6, 6.07) is 18.5. The second-order valence-corrected chi connectivity index (χ2v) is 7.95. The van der Waals surface area contributed by atoms with Gasteiger partial charge in [-0.1, -0.05) is 18.2 Å². The van der Waals surface area contributed by atoms with Crippen molar-refractivity contribution in [3.8, 4) is 17.2 Å². The molecule has 1 aromatic heterocycles. The number of para-hydroxylation sites is 1. The van der Waals surface area contributed by atoms with Crippen molar-refractivity contribution in [3.63, 3.8) is 0 Å².